The first-order chi connectivity index (χ1) is 12.2. The topological polar surface area (TPSA) is 34.9 Å². The van der Waals surface area contributed by atoms with Gasteiger partial charge in [-0.25, -0.2) is 9.07 Å². The molecule has 3 aromatic rings. The second-order valence-corrected chi connectivity index (χ2v) is 6.42. The summed E-state index contributed by atoms with van der Waals surface area (Å²) < 4.78 is 15.9. The standard InChI is InChI=1S/C21H19FN2O/c1-2-18-21-17(23-24(18)19-11-7-6-10-16(19)22)12-15(13-20(21)25)14-8-4-3-5-9-14/h3-11,15H,2,12-13H2,1H3/t15-/m1/s1. The Labute approximate surface area is 146 Å². The third kappa shape index (κ3) is 2.68. The Morgan fingerprint density at radius 3 is 2.52 bits per heavy atom. The number of rotatable bonds is 3. The quantitative estimate of drug-likeness (QED) is 0.707. The van der Waals surface area contributed by atoms with E-state index in [0.29, 0.717) is 30.5 Å². The number of Topliss-reactive ketones (excluding diaryl/α,β-unsaturated/α-hetero) is 1. The molecule has 4 rings (SSSR count). The molecule has 1 aliphatic carbocycles. The predicted octanol–water partition coefficient (Wildman–Crippen LogP) is 4.49. The van der Waals surface area contributed by atoms with Crippen LogP contribution in [0.25, 0.3) is 5.69 Å². The predicted molar refractivity (Wildman–Crippen MR) is 94.7 cm³/mol. The minimum atomic E-state index is -0.330. The van der Waals surface area contributed by atoms with Crippen LogP contribution in [0.1, 0.15) is 46.6 Å². The Kier molecular flexibility index (Phi) is 3.96. The number of ketones is 1. The van der Waals surface area contributed by atoms with Crippen molar-refractivity contribution in [2.75, 3.05) is 0 Å². The summed E-state index contributed by atoms with van der Waals surface area (Å²) in [6.07, 6.45) is 1.82. The summed E-state index contributed by atoms with van der Waals surface area (Å²) in [5.41, 5.74) is 3.83. The van der Waals surface area contributed by atoms with Crippen LogP contribution in [0.3, 0.4) is 0 Å². The first-order valence-electron chi connectivity index (χ1n) is 8.62. The monoisotopic (exact) mass is 334 g/mol. The molecule has 0 amide bonds. The molecule has 126 valence electrons. The summed E-state index contributed by atoms with van der Waals surface area (Å²) in [4.78, 5) is 12.8. The van der Waals surface area contributed by atoms with E-state index < -0.39 is 0 Å². The van der Waals surface area contributed by atoms with Crippen LogP contribution in [-0.2, 0) is 12.8 Å². The van der Waals surface area contributed by atoms with Crippen molar-refractivity contribution in [1.82, 2.24) is 9.78 Å². The van der Waals surface area contributed by atoms with Gasteiger partial charge in [0.05, 0.1) is 17.0 Å². The van der Waals surface area contributed by atoms with Crippen LogP contribution >= 0.6 is 0 Å². The molecular formula is C21H19FN2O. The van der Waals surface area contributed by atoms with Gasteiger partial charge in [0.25, 0.3) is 0 Å². The van der Waals surface area contributed by atoms with E-state index in [2.05, 4.69) is 17.2 Å². The van der Waals surface area contributed by atoms with Crippen molar-refractivity contribution in [2.45, 2.75) is 32.1 Å². The molecule has 1 heterocycles. The highest BCUT2D eigenvalue weighted by molar-refractivity contribution is 6.00. The lowest BCUT2D eigenvalue weighted by Gasteiger charge is -2.21. The lowest BCUT2D eigenvalue weighted by atomic mass is 9.81. The fourth-order valence-corrected chi connectivity index (χ4v) is 3.71. The summed E-state index contributed by atoms with van der Waals surface area (Å²) in [5, 5.41) is 4.63. The summed E-state index contributed by atoms with van der Waals surface area (Å²) in [6.45, 7) is 1.98. The van der Waals surface area contributed by atoms with Gasteiger partial charge in [-0.3, -0.25) is 4.79 Å². The molecule has 0 bridgehead atoms. The molecule has 0 aliphatic heterocycles. The number of benzene rings is 2. The van der Waals surface area contributed by atoms with Crippen molar-refractivity contribution in [3.8, 4) is 5.69 Å². The zero-order valence-electron chi connectivity index (χ0n) is 14.1. The summed E-state index contributed by atoms with van der Waals surface area (Å²) in [7, 11) is 0. The number of carbonyl (C=O) groups is 1. The lowest BCUT2D eigenvalue weighted by molar-refractivity contribution is 0.0963. The number of halogens is 1. The molecule has 0 saturated carbocycles. The summed E-state index contributed by atoms with van der Waals surface area (Å²) in [6, 6.07) is 16.6. The molecule has 2 aromatic carbocycles. The van der Waals surface area contributed by atoms with E-state index in [-0.39, 0.29) is 17.5 Å². The lowest BCUT2D eigenvalue weighted by Crippen LogP contribution is -2.19. The average Bonchev–Trinajstić information content (AvgIpc) is 3.01. The molecule has 1 aromatic heterocycles. The number of para-hydroxylation sites is 1. The Morgan fingerprint density at radius 2 is 1.80 bits per heavy atom. The summed E-state index contributed by atoms with van der Waals surface area (Å²) >= 11 is 0. The van der Waals surface area contributed by atoms with Crippen LogP contribution in [0.2, 0.25) is 0 Å². The average molecular weight is 334 g/mol. The highest BCUT2D eigenvalue weighted by Gasteiger charge is 2.32. The van der Waals surface area contributed by atoms with E-state index >= 15 is 0 Å². The third-order valence-electron chi connectivity index (χ3n) is 4.89. The Morgan fingerprint density at radius 1 is 1.08 bits per heavy atom. The number of hydrogen-bond donors (Lipinski definition) is 0. The van der Waals surface area contributed by atoms with Gasteiger partial charge in [-0.15, -0.1) is 0 Å². The number of aromatic nitrogens is 2. The van der Waals surface area contributed by atoms with Crippen molar-refractivity contribution in [2.24, 2.45) is 0 Å². The largest absolute Gasteiger partial charge is 0.294 e. The molecule has 4 heteroatoms. The zero-order valence-corrected chi connectivity index (χ0v) is 14.1. The van der Waals surface area contributed by atoms with Gasteiger partial charge in [-0.05, 0) is 36.5 Å². The van der Waals surface area contributed by atoms with Gasteiger partial charge in [0.2, 0.25) is 0 Å². The number of nitrogens with zero attached hydrogens (tertiary/aromatic N) is 2. The first kappa shape index (κ1) is 15.8. The normalized spacial score (nSPS) is 16.7. The molecule has 0 unspecified atom stereocenters. The van der Waals surface area contributed by atoms with Crippen LogP contribution in [0.15, 0.2) is 54.6 Å². The van der Waals surface area contributed by atoms with Crippen molar-refractivity contribution in [3.05, 3.63) is 82.9 Å². The van der Waals surface area contributed by atoms with Gasteiger partial charge in [0, 0.05) is 6.42 Å². The maximum Gasteiger partial charge on any atom is 0.167 e. The van der Waals surface area contributed by atoms with E-state index in [4.69, 9.17) is 0 Å². The van der Waals surface area contributed by atoms with Gasteiger partial charge in [-0.2, -0.15) is 5.10 Å². The number of fused-ring (bicyclic) bond motifs is 1. The zero-order chi connectivity index (χ0) is 17.4. The molecular weight excluding hydrogens is 315 g/mol. The molecule has 1 aliphatic rings. The Hall–Kier alpha value is -2.75. The molecule has 0 N–H and O–H groups in total. The van der Waals surface area contributed by atoms with E-state index in [9.17, 15) is 9.18 Å². The summed E-state index contributed by atoms with van der Waals surface area (Å²) in [5.74, 6) is -0.0893. The van der Waals surface area contributed by atoms with Crippen molar-refractivity contribution < 1.29 is 9.18 Å². The van der Waals surface area contributed by atoms with Crippen molar-refractivity contribution in [1.29, 1.82) is 0 Å². The van der Waals surface area contributed by atoms with Crippen molar-refractivity contribution >= 4 is 5.78 Å². The molecule has 0 saturated heterocycles. The molecule has 0 radical (unpaired) electrons. The molecule has 25 heavy (non-hydrogen) atoms. The van der Waals surface area contributed by atoms with Crippen LogP contribution in [0, 0.1) is 5.82 Å². The maximum absolute atomic E-state index is 14.2. The van der Waals surface area contributed by atoms with Gasteiger partial charge in [0.1, 0.15) is 11.5 Å². The van der Waals surface area contributed by atoms with Crippen LogP contribution in [0.4, 0.5) is 4.39 Å². The van der Waals surface area contributed by atoms with E-state index in [1.165, 1.54) is 6.07 Å². The van der Waals surface area contributed by atoms with Gasteiger partial charge in [0.15, 0.2) is 5.78 Å². The Balaban J connectivity index is 1.81. The minimum absolute atomic E-state index is 0.106. The fraction of sp³-hybridized carbons (Fsp3) is 0.238. The first-order valence-corrected chi connectivity index (χ1v) is 8.62. The van der Waals surface area contributed by atoms with E-state index in [1.807, 2.05) is 25.1 Å². The van der Waals surface area contributed by atoms with Crippen LogP contribution < -0.4 is 0 Å². The second kappa shape index (κ2) is 6.28. The van der Waals surface area contributed by atoms with Crippen molar-refractivity contribution in [3.63, 3.8) is 0 Å². The smallest absolute Gasteiger partial charge is 0.167 e. The molecule has 1 atom stereocenters. The fourth-order valence-electron chi connectivity index (χ4n) is 3.71. The highest BCUT2D eigenvalue weighted by atomic mass is 19.1. The number of hydrogen-bond acceptors (Lipinski definition) is 2. The maximum atomic E-state index is 14.2. The van der Waals surface area contributed by atoms with Crippen LogP contribution in [-0.4, -0.2) is 15.6 Å². The van der Waals surface area contributed by atoms with Gasteiger partial charge >= 0.3 is 0 Å². The molecule has 0 fully saturated rings. The van der Waals surface area contributed by atoms with Gasteiger partial charge in [-0.1, -0.05) is 49.4 Å². The second-order valence-electron chi connectivity index (χ2n) is 6.42. The van der Waals surface area contributed by atoms with Gasteiger partial charge < -0.3 is 0 Å². The van der Waals surface area contributed by atoms with E-state index in [1.54, 1.807) is 22.9 Å². The van der Waals surface area contributed by atoms with Crippen LogP contribution in [0.5, 0.6) is 0 Å². The Bertz CT molecular complexity index is 930. The molecule has 3 nitrogen and oxygen atoms in total. The molecule has 0 spiro atoms. The third-order valence-corrected chi connectivity index (χ3v) is 4.89. The minimum Gasteiger partial charge on any atom is -0.294 e. The number of carbonyl (C=O) groups excluding carboxylic acids is 1. The SMILES string of the molecule is CCc1c2c(nn1-c1ccccc1F)C[C@@H](c1ccccc1)CC2=O. The highest BCUT2D eigenvalue weighted by Crippen LogP contribution is 2.35. The van der Waals surface area contributed by atoms with E-state index in [0.717, 1.165) is 17.0 Å².